The Balaban J connectivity index is 2.68. The van der Waals surface area contributed by atoms with Gasteiger partial charge in [-0.1, -0.05) is 6.08 Å². The van der Waals surface area contributed by atoms with Crippen LogP contribution in [0.3, 0.4) is 0 Å². The van der Waals surface area contributed by atoms with Crippen LogP contribution in [0.15, 0.2) is 27.6 Å². The van der Waals surface area contributed by atoms with Crippen LogP contribution < -0.4 is 5.73 Å². The standard InChI is InChI=1S/C14H14F3N3O2S/c1-6-8(18)2-9(23)10(11(6)21)13(12(19)22)3-7(4-20-5-13)14(15,16)17/h2-4,6,10,18,23H,5H2,1H3,(H2,19,22)/i1D3. The number of nitrogens with one attached hydrogen (secondary N) is 1. The lowest BCUT2D eigenvalue weighted by Gasteiger charge is -2.39. The molecule has 0 bridgehead atoms. The highest BCUT2D eigenvalue weighted by Gasteiger charge is 2.53. The first-order chi connectivity index (χ1) is 11.7. The molecule has 124 valence electrons. The van der Waals surface area contributed by atoms with Gasteiger partial charge < -0.3 is 11.1 Å². The van der Waals surface area contributed by atoms with Crippen LogP contribution in [-0.2, 0) is 9.59 Å². The number of halogens is 3. The Hall–Kier alpha value is -1.90. The maximum Gasteiger partial charge on any atom is 0.417 e. The Labute approximate surface area is 139 Å². The van der Waals surface area contributed by atoms with E-state index in [-0.39, 0.29) is 4.91 Å². The number of primary amides is 1. The molecule has 0 spiro atoms. The molecule has 1 amide bonds. The third kappa shape index (κ3) is 2.85. The van der Waals surface area contributed by atoms with Gasteiger partial charge in [-0.15, -0.1) is 12.6 Å². The fourth-order valence-corrected chi connectivity index (χ4v) is 3.08. The number of hydrogen-bond donors (Lipinski definition) is 3. The van der Waals surface area contributed by atoms with Crippen LogP contribution in [0.4, 0.5) is 13.2 Å². The number of allylic oxidation sites excluding steroid dienone is 3. The van der Waals surface area contributed by atoms with E-state index in [9.17, 15) is 22.8 Å². The maximum absolute atomic E-state index is 13.1. The number of hydrogen-bond acceptors (Lipinski definition) is 5. The average Bonchev–Trinajstić information content (AvgIpc) is 2.44. The highest BCUT2D eigenvalue weighted by atomic mass is 32.1. The third-order valence-electron chi connectivity index (χ3n) is 3.78. The van der Waals surface area contributed by atoms with Crippen molar-refractivity contribution in [2.45, 2.75) is 13.0 Å². The summed E-state index contributed by atoms with van der Waals surface area (Å²) in [5.74, 6) is -5.96. The third-order valence-corrected chi connectivity index (χ3v) is 4.16. The van der Waals surface area contributed by atoms with E-state index in [1.807, 2.05) is 0 Å². The van der Waals surface area contributed by atoms with Crippen molar-refractivity contribution in [1.82, 2.24) is 0 Å². The van der Waals surface area contributed by atoms with Gasteiger partial charge in [0.2, 0.25) is 5.91 Å². The minimum absolute atomic E-state index is 0.214. The molecule has 23 heavy (non-hydrogen) atoms. The van der Waals surface area contributed by atoms with Gasteiger partial charge in [0, 0.05) is 16.0 Å². The van der Waals surface area contributed by atoms with Crippen LogP contribution in [0.5, 0.6) is 0 Å². The average molecular weight is 348 g/mol. The van der Waals surface area contributed by atoms with E-state index in [2.05, 4.69) is 17.6 Å². The van der Waals surface area contributed by atoms with Gasteiger partial charge in [-0.3, -0.25) is 14.6 Å². The molecule has 0 aromatic rings. The minimum atomic E-state index is -4.85. The Morgan fingerprint density at radius 3 is 2.78 bits per heavy atom. The van der Waals surface area contributed by atoms with Crippen LogP contribution in [-0.4, -0.2) is 36.3 Å². The molecule has 3 unspecified atom stereocenters. The zero-order valence-corrected chi connectivity index (χ0v) is 12.4. The quantitative estimate of drug-likeness (QED) is 0.662. The molecule has 0 radical (unpaired) electrons. The van der Waals surface area contributed by atoms with Crippen molar-refractivity contribution in [1.29, 1.82) is 5.41 Å². The molecule has 0 aromatic heterocycles. The highest BCUT2D eigenvalue weighted by molar-refractivity contribution is 7.84. The summed E-state index contributed by atoms with van der Waals surface area (Å²) in [6.45, 7) is -3.48. The summed E-state index contributed by atoms with van der Waals surface area (Å²) in [7, 11) is 0. The largest absolute Gasteiger partial charge is 0.417 e. The topological polar surface area (TPSA) is 96.4 Å². The molecule has 5 nitrogen and oxygen atoms in total. The lowest BCUT2D eigenvalue weighted by atomic mass is 9.66. The Morgan fingerprint density at radius 1 is 1.61 bits per heavy atom. The number of carbonyl (C=O) groups excluding carboxylic acids is 2. The lowest BCUT2D eigenvalue weighted by Crippen LogP contribution is -2.52. The molecular formula is C14H14F3N3O2S. The van der Waals surface area contributed by atoms with E-state index in [4.69, 9.17) is 15.3 Å². The summed E-state index contributed by atoms with van der Waals surface area (Å²) in [5, 5.41) is 7.73. The summed E-state index contributed by atoms with van der Waals surface area (Å²) >= 11 is 4.02. The van der Waals surface area contributed by atoms with Gasteiger partial charge in [0.25, 0.3) is 0 Å². The zero-order valence-electron chi connectivity index (χ0n) is 14.5. The molecule has 0 saturated carbocycles. The Bertz CT molecular complexity index is 774. The predicted molar refractivity (Wildman–Crippen MR) is 81.6 cm³/mol. The summed E-state index contributed by atoms with van der Waals surface area (Å²) in [4.78, 5) is 28.2. The number of rotatable bonds is 2. The van der Waals surface area contributed by atoms with Gasteiger partial charge in [-0.2, -0.15) is 13.2 Å². The SMILES string of the molecule is [2H]C([2H])([2H])C1C(=N)C=C(S)C(C2(C(N)=O)C=C(C(F)(F)F)C=NC2)C1=O. The molecule has 1 aliphatic carbocycles. The van der Waals surface area contributed by atoms with Gasteiger partial charge in [0.1, 0.15) is 5.41 Å². The second-order valence-electron chi connectivity index (χ2n) is 5.26. The molecule has 9 heteroatoms. The van der Waals surface area contributed by atoms with Crippen LogP contribution in [0.1, 0.15) is 11.0 Å². The number of ketones is 1. The smallest absolute Gasteiger partial charge is 0.369 e. The van der Waals surface area contributed by atoms with Crippen molar-refractivity contribution in [2.75, 3.05) is 6.54 Å². The van der Waals surface area contributed by atoms with Crippen LogP contribution in [0.2, 0.25) is 0 Å². The van der Waals surface area contributed by atoms with Crippen LogP contribution in [0.25, 0.3) is 0 Å². The summed E-state index contributed by atoms with van der Waals surface area (Å²) in [6, 6.07) is 0. The zero-order chi connectivity index (χ0) is 20.1. The number of aliphatic imine (C=N–C) groups is 1. The molecule has 0 aromatic carbocycles. The molecular weight excluding hydrogens is 331 g/mol. The van der Waals surface area contributed by atoms with Crippen LogP contribution >= 0.6 is 12.6 Å². The van der Waals surface area contributed by atoms with E-state index in [1.54, 1.807) is 0 Å². The van der Waals surface area contributed by atoms with Crippen molar-refractivity contribution in [3.05, 3.63) is 22.6 Å². The van der Waals surface area contributed by atoms with Crippen molar-refractivity contribution in [2.24, 2.45) is 28.0 Å². The van der Waals surface area contributed by atoms with E-state index >= 15 is 0 Å². The molecule has 2 rings (SSSR count). The molecule has 0 fully saturated rings. The fraction of sp³-hybridized carbons (Fsp3) is 0.429. The Kier molecular flexibility index (Phi) is 3.31. The number of nitrogens with zero attached hydrogens (tertiary/aromatic N) is 1. The summed E-state index contributed by atoms with van der Waals surface area (Å²) in [5.41, 5.74) is 1.26. The van der Waals surface area contributed by atoms with Crippen molar-refractivity contribution in [3.8, 4) is 0 Å². The van der Waals surface area contributed by atoms with Crippen molar-refractivity contribution in [3.63, 3.8) is 0 Å². The number of carbonyl (C=O) groups is 2. The van der Waals surface area contributed by atoms with E-state index < -0.39 is 59.8 Å². The molecule has 0 saturated heterocycles. The second-order valence-corrected chi connectivity index (χ2v) is 5.78. The molecule has 3 atom stereocenters. The van der Waals surface area contributed by atoms with E-state index in [1.165, 1.54) is 0 Å². The molecule has 1 aliphatic heterocycles. The normalized spacial score (nSPS) is 34.2. The number of alkyl halides is 3. The van der Waals surface area contributed by atoms with Gasteiger partial charge in [0.05, 0.1) is 24.0 Å². The molecule has 1 heterocycles. The number of dihydropyridines is 1. The van der Waals surface area contributed by atoms with Gasteiger partial charge in [-0.05, 0) is 17.8 Å². The van der Waals surface area contributed by atoms with Gasteiger partial charge >= 0.3 is 6.18 Å². The van der Waals surface area contributed by atoms with Crippen molar-refractivity contribution < 1.29 is 26.9 Å². The maximum atomic E-state index is 13.1. The van der Waals surface area contributed by atoms with E-state index in [0.29, 0.717) is 12.3 Å². The van der Waals surface area contributed by atoms with E-state index in [0.717, 1.165) is 6.08 Å². The van der Waals surface area contributed by atoms with Crippen molar-refractivity contribution >= 4 is 36.2 Å². The Morgan fingerprint density at radius 2 is 2.26 bits per heavy atom. The first-order valence-electron chi connectivity index (χ1n) is 7.84. The number of Topliss-reactive ketones (excluding diaryl/α,β-unsaturated/α-hetero) is 1. The summed E-state index contributed by atoms with van der Waals surface area (Å²) in [6.07, 6.45) is -2.88. The second kappa shape index (κ2) is 5.63. The number of amides is 1. The first kappa shape index (κ1) is 13.5. The number of thiol groups is 1. The lowest BCUT2D eigenvalue weighted by molar-refractivity contribution is -0.135. The minimum Gasteiger partial charge on any atom is -0.369 e. The fourth-order valence-electron chi connectivity index (χ4n) is 2.59. The van der Waals surface area contributed by atoms with Crippen LogP contribution in [0, 0.1) is 22.7 Å². The molecule has 2 aliphatic rings. The monoisotopic (exact) mass is 348 g/mol. The first-order valence-corrected chi connectivity index (χ1v) is 6.79. The summed E-state index contributed by atoms with van der Waals surface area (Å²) < 4.78 is 61.6. The highest BCUT2D eigenvalue weighted by Crippen LogP contribution is 2.44. The van der Waals surface area contributed by atoms with Gasteiger partial charge in [-0.25, -0.2) is 0 Å². The number of nitrogens with two attached hydrogens (primary N) is 1. The predicted octanol–water partition coefficient (Wildman–Crippen LogP) is 1.70. The molecule has 3 N–H and O–H groups in total. The van der Waals surface area contributed by atoms with Gasteiger partial charge in [0.15, 0.2) is 5.78 Å².